The van der Waals surface area contributed by atoms with Crippen molar-refractivity contribution >= 4 is 0 Å². The number of rotatable bonds is 4. The van der Waals surface area contributed by atoms with Crippen molar-refractivity contribution < 1.29 is 20.1 Å². The van der Waals surface area contributed by atoms with Gasteiger partial charge in [-0.1, -0.05) is 60.1 Å². The van der Waals surface area contributed by atoms with E-state index in [1.165, 1.54) is 25.7 Å². The summed E-state index contributed by atoms with van der Waals surface area (Å²) in [6, 6.07) is 0. The van der Waals surface area contributed by atoms with E-state index in [0.29, 0.717) is 24.4 Å². The summed E-state index contributed by atoms with van der Waals surface area (Å²) < 4.78 is 6.50. The van der Waals surface area contributed by atoms with Gasteiger partial charge in [0.1, 0.15) is 0 Å². The second kappa shape index (κ2) is 8.79. The van der Waals surface area contributed by atoms with Gasteiger partial charge in [-0.15, -0.1) is 0 Å². The monoisotopic (exact) mass is 516 g/mol. The van der Waals surface area contributed by atoms with Crippen LogP contribution in [-0.2, 0) is 4.74 Å². The third-order valence-electron chi connectivity index (χ3n) is 13.7. The summed E-state index contributed by atoms with van der Waals surface area (Å²) >= 11 is 0. The van der Waals surface area contributed by atoms with Crippen LogP contribution in [0.5, 0.6) is 0 Å². The van der Waals surface area contributed by atoms with Crippen molar-refractivity contribution in [1.29, 1.82) is 0 Å². The molecule has 0 bridgehead atoms. The van der Waals surface area contributed by atoms with Crippen LogP contribution in [0.1, 0.15) is 113 Å². The van der Waals surface area contributed by atoms with Gasteiger partial charge in [0.25, 0.3) is 0 Å². The second-order valence-electron chi connectivity index (χ2n) is 16.3. The first-order chi connectivity index (χ1) is 17.1. The van der Waals surface area contributed by atoms with E-state index < -0.39 is 17.6 Å². The number of hydrogen-bond acceptors (Lipinski definition) is 4. The highest BCUT2D eigenvalue weighted by Gasteiger charge is 2.69. The standard InChI is InChI=1S/C33H56O4/c1-21(35)19-37-27-18-28(2,3)17-23-22-9-10-25-30(5)13-12-26(36)31(6,20-34)24(30)11-14-33(25,8)32(22,7)16-15-29(23,27)4/h9,21,23-27,34-36H,10-20H2,1-8H3. The molecule has 37 heavy (non-hydrogen) atoms. The molecule has 0 heterocycles. The van der Waals surface area contributed by atoms with Crippen molar-refractivity contribution in [2.45, 2.75) is 131 Å². The molecule has 4 saturated carbocycles. The van der Waals surface area contributed by atoms with Crippen molar-refractivity contribution in [3.63, 3.8) is 0 Å². The van der Waals surface area contributed by atoms with Crippen LogP contribution >= 0.6 is 0 Å². The van der Waals surface area contributed by atoms with E-state index >= 15 is 0 Å². The van der Waals surface area contributed by atoms with E-state index in [9.17, 15) is 15.3 Å². The Morgan fingerprint density at radius 3 is 2.27 bits per heavy atom. The molecule has 4 nitrogen and oxygen atoms in total. The maximum Gasteiger partial charge on any atom is 0.0745 e. The largest absolute Gasteiger partial charge is 0.396 e. The number of hydrogen-bond donors (Lipinski definition) is 3. The summed E-state index contributed by atoms with van der Waals surface area (Å²) in [6.07, 6.45) is 12.0. The zero-order chi connectivity index (χ0) is 27.2. The third-order valence-corrected chi connectivity index (χ3v) is 13.7. The van der Waals surface area contributed by atoms with Gasteiger partial charge in [-0.3, -0.25) is 0 Å². The lowest BCUT2D eigenvalue weighted by Gasteiger charge is -2.71. The summed E-state index contributed by atoms with van der Waals surface area (Å²) in [4.78, 5) is 0. The number of aliphatic hydroxyl groups excluding tert-OH is 3. The molecule has 0 aromatic carbocycles. The number of aliphatic hydroxyl groups is 3. The maximum absolute atomic E-state index is 11.0. The number of ether oxygens (including phenoxy) is 1. The second-order valence-corrected chi connectivity index (χ2v) is 16.3. The van der Waals surface area contributed by atoms with Crippen LogP contribution in [-0.4, -0.2) is 46.8 Å². The molecule has 5 rings (SSSR count). The van der Waals surface area contributed by atoms with Crippen LogP contribution in [0, 0.1) is 50.2 Å². The van der Waals surface area contributed by atoms with E-state index in [0.717, 1.165) is 32.1 Å². The fourth-order valence-electron chi connectivity index (χ4n) is 11.2. The van der Waals surface area contributed by atoms with Gasteiger partial charge in [0, 0.05) is 10.8 Å². The first-order valence-corrected chi connectivity index (χ1v) is 15.4. The Balaban J connectivity index is 1.54. The summed E-state index contributed by atoms with van der Waals surface area (Å²) in [5.41, 5.74) is 2.18. The highest BCUT2D eigenvalue weighted by molar-refractivity contribution is 5.34. The predicted molar refractivity (Wildman–Crippen MR) is 149 cm³/mol. The van der Waals surface area contributed by atoms with Crippen LogP contribution in [0.15, 0.2) is 11.6 Å². The molecule has 212 valence electrons. The first-order valence-electron chi connectivity index (χ1n) is 15.4. The molecule has 5 aliphatic carbocycles. The van der Waals surface area contributed by atoms with E-state index in [1.54, 1.807) is 5.57 Å². The predicted octanol–water partition coefficient (Wildman–Crippen LogP) is 6.52. The number of allylic oxidation sites excluding steroid dienone is 2. The van der Waals surface area contributed by atoms with Gasteiger partial charge in [0.2, 0.25) is 0 Å². The lowest BCUT2D eigenvalue weighted by atomic mass is 9.33. The van der Waals surface area contributed by atoms with E-state index in [-0.39, 0.29) is 39.8 Å². The molecule has 11 atom stereocenters. The number of fused-ring (bicyclic) bond motifs is 7. The molecule has 0 amide bonds. The molecule has 0 radical (unpaired) electrons. The lowest BCUT2D eigenvalue weighted by Crippen LogP contribution is -2.66. The van der Waals surface area contributed by atoms with Crippen LogP contribution in [0.3, 0.4) is 0 Å². The van der Waals surface area contributed by atoms with Crippen LogP contribution in [0.25, 0.3) is 0 Å². The van der Waals surface area contributed by atoms with Crippen LogP contribution in [0.2, 0.25) is 0 Å². The van der Waals surface area contributed by atoms with Gasteiger partial charge in [-0.2, -0.15) is 0 Å². The van der Waals surface area contributed by atoms with E-state index in [1.807, 2.05) is 6.92 Å². The zero-order valence-electron chi connectivity index (χ0n) is 25.1. The minimum absolute atomic E-state index is 0.0829. The van der Waals surface area contributed by atoms with Crippen molar-refractivity contribution in [3.8, 4) is 0 Å². The molecular formula is C33H56O4. The molecular weight excluding hydrogens is 460 g/mol. The molecule has 11 unspecified atom stereocenters. The molecule has 4 fully saturated rings. The zero-order valence-corrected chi connectivity index (χ0v) is 25.1. The molecule has 5 aliphatic rings. The Hall–Kier alpha value is -0.420. The van der Waals surface area contributed by atoms with Crippen molar-refractivity contribution in [1.82, 2.24) is 0 Å². The molecule has 4 heteroatoms. The fraction of sp³-hybridized carbons (Fsp3) is 0.939. The van der Waals surface area contributed by atoms with Gasteiger partial charge in [-0.25, -0.2) is 0 Å². The lowest BCUT2D eigenvalue weighted by molar-refractivity contribution is -0.220. The fourth-order valence-corrected chi connectivity index (χ4v) is 11.2. The minimum Gasteiger partial charge on any atom is -0.396 e. The van der Waals surface area contributed by atoms with Gasteiger partial charge in [0.05, 0.1) is 31.5 Å². The topological polar surface area (TPSA) is 69.9 Å². The summed E-state index contributed by atoms with van der Waals surface area (Å²) in [5, 5.41) is 31.5. The van der Waals surface area contributed by atoms with Gasteiger partial charge < -0.3 is 20.1 Å². The van der Waals surface area contributed by atoms with Gasteiger partial charge in [0.15, 0.2) is 0 Å². The highest BCUT2D eigenvalue weighted by Crippen LogP contribution is 2.75. The van der Waals surface area contributed by atoms with Crippen LogP contribution < -0.4 is 0 Å². The van der Waals surface area contributed by atoms with Gasteiger partial charge in [-0.05, 0) is 104 Å². The van der Waals surface area contributed by atoms with Gasteiger partial charge >= 0.3 is 0 Å². The average Bonchev–Trinajstić information content (AvgIpc) is 2.81. The molecule has 0 aliphatic heterocycles. The molecule has 0 spiro atoms. The molecule has 3 N–H and O–H groups in total. The average molecular weight is 517 g/mol. The minimum atomic E-state index is -0.427. The summed E-state index contributed by atoms with van der Waals surface area (Å²) in [7, 11) is 0. The Labute approximate surface area is 226 Å². The Bertz CT molecular complexity index is 925. The normalized spacial score (nSPS) is 53.7. The Morgan fingerprint density at radius 2 is 1.62 bits per heavy atom. The summed E-state index contributed by atoms with van der Waals surface area (Å²) in [5.74, 6) is 1.47. The van der Waals surface area contributed by atoms with Crippen molar-refractivity contribution in [2.75, 3.05) is 13.2 Å². The quantitative estimate of drug-likeness (QED) is 0.372. The molecule has 0 aromatic heterocycles. The van der Waals surface area contributed by atoms with Crippen molar-refractivity contribution in [3.05, 3.63) is 11.6 Å². The van der Waals surface area contributed by atoms with E-state index in [2.05, 4.69) is 54.5 Å². The highest BCUT2D eigenvalue weighted by atomic mass is 16.5. The first kappa shape index (κ1) is 28.1. The van der Waals surface area contributed by atoms with E-state index in [4.69, 9.17) is 4.74 Å². The smallest absolute Gasteiger partial charge is 0.0745 e. The Morgan fingerprint density at radius 1 is 0.919 bits per heavy atom. The molecule has 0 aromatic rings. The Kier molecular flexibility index (Phi) is 6.68. The van der Waals surface area contributed by atoms with Crippen molar-refractivity contribution in [2.24, 2.45) is 50.2 Å². The van der Waals surface area contributed by atoms with Crippen LogP contribution in [0.4, 0.5) is 0 Å². The SMILES string of the molecule is CC(O)COC1CC(C)(C)CC2C3=CCC4C5(C)CCC(O)C(C)(CO)C5CCC4(C)C3(C)CCC12C. The maximum atomic E-state index is 11.0. The summed E-state index contributed by atoms with van der Waals surface area (Å²) in [6.45, 7) is 19.5. The third kappa shape index (κ3) is 3.81. The molecule has 0 saturated heterocycles.